The van der Waals surface area contributed by atoms with Crippen LogP contribution in [0.3, 0.4) is 0 Å². The predicted octanol–water partition coefficient (Wildman–Crippen LogP) is 5.37. The first-order valence-corrected chi connectivity index (χ1v) is 6.56. The van der Waals surface area contributed by atoms with Crippen LogP contribution in [0.5, 0.6) is 0 Å². The van der Waals surface area contributed by atoms with E-state index in [0.29, 0.717) is 0 Å². The fourth-order valence-corrected chi connectivity index (χ4v) is 1.76. The lowest BCUT2D eigenvalue weighted by atomic mass is 10.1. The summed E-state index contributed by atoms with van der Waals surface area (Å²) in [5.74, 6) is 0. The van der Waals surface area contributed by atoms with E-state index in [1.165, 1.54) is 49.7 Å². The molecule has 0 aliphatic heterocycles. The Balaban J connectivity index is 2.14. The SMILES string of the molecule is CCCCCCC/C=C/c1ccc(C)cc1. The van der Waals surface area contributed by atoms with Gasteiger partial charge in [0.15, 0.2) is 0 Å². The van der Waals surface area contributed by atoms with Crippen LogP contribution in [-0.2, 0) is 0 Å². The molecule has 0 aliphatic carbocycles. The zero-order valence-corrected chi connectivity index (χ0v) is 10.7. The maximum absolute atomic E-state index is 2.30. The summed E-state index contributed by atoms with van der Waals surface area (Å²) in [6.07, 6.45) is 12.6. The van der Waals surface area contributed by atoms with Crippen LogP contribution in [-0.4, -0.2) is 0 Å². The molecular formula is C16H24. The second kappa shape index (κ2) is 8.15. The lowest BCUT2D eigenvalue weighted by Crippen LogP contribution is -1.76. The quantitative estimate of drug-likeness (QED) is 0.538. The summed E-state index contributed by atoms with van der Waals surface area (Å²) in [5.41, 5.74) is 2.65. The highest BCUT2D eigenvalue weighted by Crippen LogP contribution is 2.08. The van der Waals surface area contributed by atoms with Crippen molar-refractivity contribution >= 4 is 6.08 Å². The maximum Gasteiger partial charge on any atom is -0.0260 e. The van der Waals surface area contributed by atoms with Crippen LogP contribution in [0.2, 0.25) is 0 Å². The zero-order chi connectivity index (χ0) is 11.6. The van der Waals surface area contributed by atoms with Crippen LogP contribution in [0.15, 0.2) is 30.3 Å². The normalized spacial score (nSPS) is 11.1. The molecule has 1 aromatic rings. The molecule has 88 valence electrons. The molecule has 0 saturated carbocycles. The van der Waals surface area contributed by atoms with E-state index in [9.17, 15) is 0 Å². The van der Waals surface area contributed by atoms with Crippen molar-refractivity contribution < 1.29 is 0 Å². The van der Waals surface area contributed by atoms with Gasteiger partial charge in [0.05, 0.1) is 0 Å². The fraction of sp³-hybridized carbons (Fsp3) is 0.500. The second-order valence-corrected chi connectivity index (χ2v) is 4.52. The van der Waals surface area contributed by atoms with Crippen LogP contribution in [0.1, 0.15) is 56.6 Å². The third-order valence-electron chi connectivity index (χ3n) is 2.86. The van der Waals surface area contributed by atoms with Crippen LogP contribution in [0.25, 0.3) is 6.08 Å². The molecule has 0 unspecified atom stereocenters. The van der Waals surface area contributed by atoms with Gasteiger partial charge in [0.2, 0.25) is 0 Å². The first kappa shape index (κ1) is 13.0. The number of benzene rings is 1. The maximum atomic E-state index is 2.30. The lowest BCUT2D eigenvalue weighted by molar-refractivity contribution is 0.638. The summed E-state index contributed by atoms with van der Waals surface area (Å²) in [4.78, 5) is 0. The highest BCUT2D eigenvalue weighted by atomic mass is 13.9. The zero-order valence-electron chi connectivity index (χ0n) is 10.7. The van der Waals surface area contributed by atoms with Crippen LogP contribution in [0.4, 0.5) is 0 Å². The highest BCUT2D eigenvalue weighted by molar-refractivity contribution is 5.49. The van der Waals surface area contributed by atoms with E-state index in [1.807, 2.05) is 0 Å². The average molecular weight is 216 g/mol. The molecule has 0 radical (unpaired) electrons. The second-order valence-electron chi connectivity index (χ2n) is 4.52. The van der Waals surface area contributed by atoms with Crippen LogP contribution < -0.4 is 0 Å². The van der Waals surface area contributed by atoms with Gasteiger partial charge in [-0.3, -0.25) is 0 Å². The van der Waals surface area contributed by atoms with Gasteiger partial charge in [-0.25, -0.2) is 0 Å². The molecule has 1 rings (SSSR count). The van der Waals surface area contributed by atoms with Crippen molar-refractivity contribution in [3.63, 3.8) is 0 Å². The molecule has 0 amide bonds. The Morgan fingerprint density at radius 1 is 0.938 bits per heavy atom. The van der Waals surface area contributed by atoms with Crippen molar-refractivity contribution in [1.29, 1.82) is 0 Å². The van der Waals surface area contributed by atoms with E-state index in [1.54, 1.807) is 0 Å². The van der Waals surface area contributed by atoms with E-state index < -0.39 is 0 Å². The third kappa shape index (κ3) is 5.75. The Hall–Kier alpha value is -1.04. The molecule has 0 bridgehead atoms. The van der Waals surface area contributed by atoms with Gasteiger partial charge in [0.1, 0.15) is 0 Å². The van der Waals surface area contributed by atoms with Gasteiger partial charge in [-0.1, -0.05) is 74.6 Å². The Bertz CT molecular complexity index is 292. The Morgan fingerprint density at radius 3 is 2.31 bits per heavy atom. The van der Waals surface area contributed by atoms with Gasteiger partial charge in [-0.15, -0.1) is 0 Å². The monoisotopic (exact) mass is 216 g/mol. The molecule has 0 aliphatic rings. The third-order valence-corrected chi connectivity index (χ3v) is 2.86. The summed E-state index contributed by atoms with van der Waals surface area (Å²) in [6, 6.07) is 8.70. The number of hydrogen-bond donors (Lipinski definition) is 0. The molecule has 0 nitrogen and oxygen atoms in total. The number of rotatable bonds is 7. The lowest BCUT2D eigenvalue weighted by Gasteiger charge is -1.97. The molecule has 0 saturated heterocycles. The van der Waals surface area contributed by atoms with Crippen molar-refractivity contribution in [3.05, 3.63) is 41.5 Å². The van der Waals surface area contributed by atoms with E-state index >= 15 is 0 Å². The molecule has 1 aromatic carbocycles. The molecule has 0 aromatic heterocycles. The summed E-state index contributed by atoms with van der Waals surface area (Å²) in [6.45, 7) is 4.39. The van der Waals surface area contributed by atoms with Crippen molar-refractivity contribution in [2.24, 2.45) is 0 Å². The van der Waals surface area contributed by atoms with Gasteiger partial charge >= 0.3 is 0 Å². The van der Waals surface area contributed by atoms with Gasteiger partial charge in [0, 0.05) is 0 Å². The molecular weight excluding hydrogens is 192 g/mol. The van der Waals surface area contributed by atoms with E-state index in [4.69, 9.17) is 0 Å². The Kier molecular flexibility index (Phi) is 6.64. The summed E-state index contributed by atoms with van der Waals surface area (Å²) in [7, 11) is 0. The number of allylic oxidation sites excluding steroid dienone is 1. The van der Waals surface area contributed by atoms with Crippen LogP contribution >= 0.6 is 0 Å². The minimum atomic E-state index is 1.22. The van der Waals surface area contributed by atoms with E-state index in [2.05, 4.69) is 50.3 Å². The molecule has 0 heteroatoms. The molecule has 0 N–H and O–H groups in total. The summed E-state index contributed by atoms with van der Waals surface area (Å²) < 4.78 is 0. The van der Waals surface area contributed by atoms with Gasteiger partial charge in [-0.2, -0.15) is 0 Å². The summed E-state index contributed by atoms with van der Waals surface area (Å²) >= 11 is 0. The van der Waals surface area contributed by atoms with Crippen molar-refractivity contribution in [2.75, 3.05) is 0 Å². The fourth-order valence-electron chi connectivity index (χ4n) is 1.76. The van der Waals surface area contributed by atoms with Crippen molar-refractivity contribution in [2.45, 2.75) is 52.4 Å². The van der Waals surface area contributed by atoms with Gasteiger partial charge < -0.3 is 0 Å². The van der Waals surface area contributed by atoms with Crippen molar-refractivity contribution in [1.82, 2.24) is 0 Å². The number of hydrogen-bond acceptors (Lipinski definition) is 0. The topological polar surface area (TPSA) is 0 Å². The minimum absolute atomic E-state index is 1.22. The molecule has 0 atom stereocenters. The first-order chi connectivity index (χ1) is 7.83. The average Bonchev–Trinajstić information content (AvgIpc) is 2.30. The predicted molar refractivity (Wildman–Crippen MR) is 73.6 cm³/mol. The molecule has 16 heavy (non-hydrogen) atoms. The molecule has 0 fully saturated rings. The van der Waals surface area contributed by atoms with E-state index in [-0.39, 0.29) is 0 Å². The van der Waals surface area contributed by atoms with E-state index in [0.717, 1.165) is 0 Å². The smallest absolute Gasteiger partial charge is 0.0260 e. The highest BCUT2D eigenvalue weighted by Gasteiger charge is 1.88. The van der Waals surface area contributed by atoms with Crippen LogP contribution in [0, 0.1) is 6.92 Å². The summed E-state index contributed by atoms with van der Waals surface area (Å²) in [5, 5.41) is 0. The van der Waals surface area contributed by atoms with Gasteiger partial charge in [0.25, 0.3) is 0 Å². The molecule has 0 heterocycles. The number of unbranched alkanes of at least 4 members (excludes halogenated alkanes) is 5. The standard InChI is InChI=1S/C16H24/c1-3-4-5-6-7-8-9-10-16-13-11-15(2)12-14-16/h9-14H,3-8H2,1-2H3/b10-9+. The minimum Gasteiger partial charge on any atom is -0.0839 e. The Morgan fingerprint density at radius 2 is 1.62 bits per heavy atom. The number of aryl methyl sites for hydroxylation is 1. The van der Waals surface area contributed by atoms with Crippen molar-refractivity contribution in [3.8, 4) is 0 Å². The Labute approximate surface area is 100 Å². The largest absolute Gasteiger partial charge is 0.0839 e. The molecule has 0 spiro atoms. The first-order valence-electron chi connectivity index (χ1n) is 6.56. The van der Waals surface area contributed by atoms with Gasteiger partial charge in [-0.05, 0) is 25.3 Å².